The minimum Gasteiger partial charge on any atom is -0.481 e. The van der Waals surface area contributed by atoms with Gasteiger partial charge in [-0.2, -0.15) is 0 Å². The molecule has 2 saturated carbocycles. The van der Waals surface area contributed by atoms with Crippen molar-refractivity contribution < 1.29 is 9.90 Å². The van der Waals surface area contributed by atoms with Crippen molar-refractivity contribution in [2.75, 3.05) is 0 Å². The van der Waals surface area contributed by atoms with Crippen LogP contribution in [0.2, 0.25) is 0 Å². The molecule has 1 N–H and O–H groups in total. The van der Waals surface area contributed by atoms with E-state index in [4.69, 9.17) is 0 Å². The molecule has 1 aromatic carbocycles. The van der Waals surface area contributed by atoms with E-state index in [1.54, 1.807) is 0 Å². The minimum absolute atomic E-state index is 0.414. The molecule has 2 bridgehead atoms. The van der Waals surface area contributed by atoms with E-state index >= 15 is 0 Å². The Kier molecular flexibility index (Phi) is 2.88. The van der Waals surface area contributed by atoms with Crippen LogP contribution in [0.5, 0.6) is 0 Å². The summed E-state index contributed by atoms with van der Waals surface area (Å²) in [5.41, 5.74) is 0.994. The molecule has 1 heterocycles. The van der Waals surface area contributed by atoms with Gasteiger partial charge in [-0.1, -0.05) is 24.6 Å². The lowest BCUT2D eigenvalue weighted by Crippen LogP contribution is -2.39. The Morgan fingerprint density at radius 2 is 2.20 bits per heavy atom. The highest BCUT2D eigenvalue weighted by Gasteiger charge is 2.56. The molecule has 4 unspecified atom stereocenters. The van der Waals surface area contributed by atoms with Crippen molar-refractivity contribution >= 4 is 17.7 Å². The highest BCUT2D eigenvalue weighted by Crippen LogP contribution is 2.59. The van der Waals surface area contributed by atoms with Crippen LogP contribution in [0.3, 0.4) is 0 Å². The number of carbonyl (C=O) groups is 1. The van der Waals surface area contributed by atoms with Gasteiger partial charge in [-0.05, 0) is 55.6 Å². The number of benzene rings is 1. The molecule has 20 heavy (non-hydrogen) atoms. The van der Waals surface area contributed by atoms with Gasteiger partial charge < -0.3 is 5.11 Å². The third-order valence-electron chi connectivity index (χ3n) is 5.71. The van der Waals surface area contributed by atoms with Crippen LogP contribution in [0.25, 0.3) is 0 Å². The lowest BCUT2D eigenvalue weighted by Gasteiger charge is -2.35. The molecule has 0 saturated heterocycles. The minimum atomic E-state index is -0.527. The zero-order valence-corrected chi connectivity index (χ0v) is 12.4. The number of hydrogen-bond acceptors (Lipinski definition) is 2. The van der Waals surface area contributed by atoms with Gasteiger partial charge in [0.1, 0.15) is 0 Å². The molecule has 0 aromatic heterocycles. The van der Waals surface area contributed by atoms with Crippen LogP contribution >= 0.6 is 11.8 Å². The van der Waals surface area contributed by atoms with Crippen LogP contribution in [-0.2, 0) is 11.2 Å². The lowest BCUT2D eigenvalue weighted by atomic mass is 9.69. The molecule has 2 aliphatic carbocycles. The highest BCUT2D eigenvalue weighted by molar-refractivity contribution is 8.00. The van der Waals surface area contributed by atoms with E-state index in [1.807, 2.05) is 11.8 Å². The van der Waals surface area contributed by atoms with Gasteiger partial charge in [-0.15, -0.1) is 11.8 Å². The van der Waals surface area contributed by atoms with Crippen molar-refractivity contribution in [3.8, 4) is 0 Å². The predicted octanol–water partition coefficient (Wildman–Crippen LogP) is 3.98. The van der Waals surface area contributed by atoms with Gasteiger partial charge in [-0.25, -0.2) is 0 Å². The van der Waals surface area contributed by atoms with E-state index in [0.717, 1.165) is 32.1 Å². The zero-order chi connectivity index (χ0) is 13.7. The van der Waals surface area contributed by atoms with E-state index < -0.39 is 11.4 Å². The van der Waals surface area contributed by atoms with Crippen LogP contribution in [0.4, 0.5) is 0 Å². The number of carboxylic acids is 1. The first-order valence-electron chi connectivity index (χ1n) is 7.65. The van der Waals surface area contributed by atoms with E-state index in [2.05, 4.69) is 24.3 Å². The van der Waals surface area contributed by atoms with Crippen molar-refractivity contribution in [2.45, 2.75) is 48.7 Å². The fourth-order valence-electron chi connectivity index (χ4n) is 4.82. The average molecular weight is 288 g/mol. The van der Waals surface area contributed by atoms with Gasteiger partial charge >= 0.3 is 5.97 Å². The second-order valence-corrected chi connectivity index (χ2v) is 8.14. The third-order valence-corrected chi connectivity index (χ3v) is 7.03. The van der Waals surface area contributed by atoms with Crippen LogP contribution < -0.4 is 0 Å². The number of carboxylic acid groups (broad SMARTS) is 1. The molecule has 3 heteroatoms. The summed E-state index contributed by atoms with van der Waals surface area (Å²) in [5.74, 6) is 0.598. The second kappa shape index (κ2) is 4.52. The number of aliphatic carboxylic acids is 1. The van der Waals surface area contributed by atoms with E-state index in [0.29, 0.717) is 17.1 Å². The number of hydrogen-bond donors (Lipinski definition) is 1. The van der Waals surface area contributed by atoms with Gasteiger partial charge in [0.2, 0.25) is 0 Å². The van der Waals surface area contributed by atoms with Crippen LogP contribution in [0.1, 0.15) is 37.7 Å². The molecule has 4 rings (SSSR count). The molecule has 106 valence electrons. The Morgan fingerprint density at radius 3 is 2.85 bits per heavy atom. The van der Waals surface area contributed by atoms with Gasteiger partial charge in [-0.3, -0.25) is 4.79 Å². The Morgan fingerprint density at radius 1 is 1.35 bits per heavy atom. The zero-order valence-electron chi connectivity index (χ0n) is 11.5. The molecule has 2 fully saturated rings. The van der Waals surface area contributed by atoms with Gasteiger partial charge in [0.05, 0.1) is 5.41 Å². The number of rotatable bonds is 3. The van der Waals surface area contributed by atoms with Gasteiger partial charge in [0.15, 0.2) is 0 Å². The van der Waals surface area contributed by atoms with E-state index in [1.165, 1.54) is 16.9 Å². The summed E-state index contributed by atoms with van der Waals surface area (Å²) in [5, 5.41) is 10.3. The van der Waals surface area contributed by atoms with Crippen molar-refractivity contribution in [2.24, 2.45) is 17.3 Å². The first kappa shape index (κ1) is 12.8. The Bertz CT molecular complexity index is 531. The summed E-state index contributed by atoms with van der Waals surface area (Å²) in [7, 11) is 0. The number of fused-ring (bicyclic) bond motifs is 3. The lowest BCUT2D eigenvalue weighted by molar-refractivity contribution is -0.153. The summed E-state index contributed by atoms with van der Waals surface area (Å²) in [4.78, 5) is 13.3. The van der Waals surface area contributed by atoms with E-state index in [9.17, 15) is 9.90 Å². The molecule has 1 aromatic rings. The first-order chi connectivity index (χ1) is 9.67. The molecule has 1 aliphatic heterocycles. The Labute approximate surface area is 124 Å². The smallest absolute Gasteiger partial charge is 0.309 e. The fraction of sp³-hybridized carbons (Fsp3) is 0.588. The molecule has 4 atom stereocenters. The third kappa shape index (κ3) is 1.82. The maximum atomic E-state index is 12.0. The summed E-state index contributed by atoms with van der Waals surface area (Å²) in [6.07, 6.45) is 6.41. The first-order valence-corrected chi connectivity index (χ1v) is 8.53. The summed E-state index contributed by atoms with van der Waals surface area (Å²) < 4.78 is 0. The molecule has 0 radical (unpaired) electrons. The monoisotopic (exact) mass is 288 g/mol. The van der Waals surface area contributed by atoms with Crippen LogP contribution in [0.15, 0.2) is 29.2 Å². The summed E-state index contributed by atoms with van der Waals surface area (Å²) >= 11 is 1.90. The topological polar surface area (TPSA) is 37.3 Å². The van der Waals surface area contributed by atoms with Crippen molar-refractivity contribution in [1.82, 2.24) is 0 Å². The standard InChI is InChI=1S/C17H20O2S/c18-16(19)17(9-11-5-6-13(17)7-11)10-14-8-12-3-1-2-4-15(12)20-14/h1-4,11,13-14H,5-10H2,(H,18,19). The van der Waals surface area contributed by atoms with Crippen molar-refractivity contribution in [3.05, 3.63) is 29.8 Å². The Balaban J connectivity index is 1.55. The number of thioether (sulfide) groups is 1. The maximum Gasteiger partial charge on any atom is 0.309 e. The fourth-order valence-corrected chi connectivity index (χ4v) is 6.28. The summed E-state index contributed by atoms with van der Waals surface area (Å²) in [6, 6.07) is 8.54. The van der Waals surface area contributed by atoms with E-state index in [-0.39, 0.29) is 0 Å². The molecule has 0 amide bonds. The molecule has 2 nitrogen and oxygen atoms in total. The van der Waals surface area contributed by atoms with Gasteiger partial charge in [0.25, 0.3) is 0 Å². The highest BCUT2D eigenvalue weighted by atomic mass is 32.2. The van der Waals surface area contributed by atoms with Crippen molar-refractivity contribution in [1.29, 1.82) is 0 Å². The molecular weight excluding hydrogens is 268 g/mol. The van der Waals surface area contributed by atoms with Gasteiger partial charge in [0, 0.05) is 10.1 Å². The predicted molar refractivity (Wildman–Crippen MR) is 79.9 cm³/mol. The quantitative estimate of drug-likeness (QED) is 0.914. The van der Waals surface area contributed by atoms with Crippen LogP contribution in [0, 0.1) is 17.3 Å². The summed E-state index contributed by atoms with van der Waals surface area (Å²) in [6.45, 7) is 0. The average Bonchev–Trinajstić information content (AvgIpc) is 3.10. The Hall–Kier alpha value is -0.960. The SMILES string of the molecule is O=C(O)C1(CC2Cc3ccccc3S2)CC2CCC1C2. The molecule has 3 aliphatic rings. The molecular formula is C17H20O2S. The normalized spacial score (nSPS) is 38.1. The maximum absolute atomic E-state index is 12.0. The second-order valence-electron chi connectivity index (χ2n) is 6.80. The van der Waals surface area contributed by atoms with Crippen LogP contribution in [-0.4, -0.2) is 16.3 Å². The molecule has 0 spiro atoms. The van der Waals surface area contributed by atoms with Crippen molar-refractivity contribution in [3.63, 3.8) is 0 Å². The largest absolute Gasteiger partial charge is 0.481 e.